The van der Waals surface area contributed by atoms with Gasteiger partial charge in [0.1, 0.15) is 5.75 Å². The fraction of sp³-hybridized carbons (Fsp3) is 0.385. The van der Waals surface area contributed by atoms with Gasteiger partial charge in [0.25, 0.3) is 0 Å². The van der Waals surface area contributed by atoms with Crippen molar-refractivity contribution in [3.8, 4) is 5.75 Å². The highest BCUT2D eigenvalue weighted by atomic mass is 16.4. The third-order valence-electron chi connectivity index (χ3n) is 1.92. The van der Waals surface area contributed by atoms with Gasteiger partial charge in [-0.15, -0.1) is 0 Å². The maximum atomic E-state index is 11.2. The Morgan fingerprint density at radius 2 is 1.85 bits per heavy atom. The smallest absolute Gasteiger partial charge is 0.404 e. The van der Waals surface area contributed by atoms with Crippen molar-refractivity contribution in [2.24, 2.45) is 0 Å². The van der Waals surface area contributed by atoms with Gasteiger partial charge in [-0.1, -0.05) is 6.07 Å². The number of hydrogen-bond acceptors (Lipinski definition) is 3. The van der Waals surface area contributed by atoms with Crippen LogP contribution in [0.1, 0.15) is 13.8 Å². The van der Waals surface area contributed by atoms with Crippen LogP contribution in [0.5, 0.6) is 5.75 Å². The van der Waals surface area contributed by atoms with Crippen LogP contribution >= 0.6 is 0 Å². The molecule has 4 N–H and O–H groups in total. The van der Waals surface area contributed by atoms with Gasteiger partial charge in [0, 0.05) is 31.9 Å². The summed E-state index contributed by atoms with van der Waals surface area (Å²) >= 11 is 0. The van der Waals surface area contributed by atoms with Gasteiger partial charge in [-0.3, -0.25) is 0 Å². The zero-order valence-corrected chi connectivity index (χ0v) is 12.0. The number of nitrogens with zero attached hydrogens (tertiary/aromatic N) is 1. The first-order chi connectivity index (χ1) is 9.22. The lowest BCUT2D eigenvalue weighted by atomic mass is 10.3. The number of urea groups is 1. The Balaban J connectivity index is 0.000000441. The van der Waals surface area contributed by atoms with Gasteiger partial charge < -0.3 is 25.7 Å². The third kappa shape index (κ3) is 8.62. The normalized spacial score (nSPS) is 9.25. The van der Waals surface area contributed by atoms with Crippen molar-refractivity contribution in [1.82, 2.24) is 10.2 Å². The molecule has 0 spiro atoms. The lowest BCUT2D eigenvalue weighted by Crippen LogP contribution is -2.27. The number of hydrogen-bond donors (Lipinski definition) is 4. The van der Waals surface area contributed by atoms with Crippen molar-refractivity contribution in [2.75, 3.05) is 19.4 Å². The number of aromatic hydroxyl groups is 1. The fourth-order valence-corrected chi connectivity index (χ4v) is 1.07. The molecule has 1 aromatic carbocycles. The van der Waals surface area contributed by atoms with Crippen molar-refractivity contribution in [3.63, 3.8) is 0 Å². The van der Waals surface area contributed by atoms with E-state index < -0.39 is 6.09 Å². The summed E-state index contributed by atoms with van der Waals surface area (Å²) in [5.74, 6) is 0.136. The molecule has 0 radical (unpaired) electrons. The Morgan fingerprint density at radius 3 is 2.20 bits per heavy atom. The number of anilines is 1. The van der Waals surface area contributed by atoms with Crippen molar-refractivity contribution < 1.29 is 19.8 Å². The highest BCUT2D eigenvalue weighted by Gasteiger charge is 2.03. The fourth-order valence-electron chi connectivity index (χ4n) is 1.07. The van der Waals surface area contributed by atoms with Crippen LogP contribution in [-0.2, 0) is 0 Å². The minimum absolute atomic E-state index is 0.0255. The molecule has 0 aromatic heterocycles. The minimum atomic E-state index is -0.963. The van der Waals surface area contributed by atoms with Crippen molar-refractivity contribution in [1.29, 1.82) is 0 Å². The van der Waals surface area contributed by atoms with Crippen LogP contribution in [-0.4, -0.2) is 47.4 Å². The molecule has 1 rings (SSSR count). The Labute approximate surface area is 118 Å². The van der Waals surface area contributed by atoms with Gasteiger partial charge in [0.15, 0.2) is 0 Å². The topological polar surface area (TPSA) is 102 Å². The molecule has 0 saturated carbocycles. The zero-order valence-electron chi connectivity index (χ0n) is 12.0. The van der Waals surface area contributed by atoms with E-state index in [-0.39, 0.29) is 17.8 Å². The van der Waals surface area contributed by atoms with Crippen molar-refractivity contribution in [2.45, 2.75) is 19.9 Å². The molecule has 1 aromatic rings. The summed E-state index contributed by atoms with van der Waals surface area (Å²) in [4.78, 5) is 22.3. The summed E-state index contributed by atoms with van der Waals surface area (Å²) in [6.07, 6.45) is -0.963. The summed E-state index contributed by atoms with van der Waals surface area (Å²) in [5.41, 5.74) is 0.582. The molecule has 7 heteroatoms. The second-order valence-electron chi connectivity index (χ2n) is 4.48. The van der Waals surface area contributed by atoms with Crippen molar-refractivity contribution in [3.05, 3.63) is 24.3 Å². The van der Waals surface area contributed by atoms with Crippen LogP contribution < -0.4 is 10.6 Å². The van der Waals surface area contributed by atoms with E-state index in [0.717, 1.165) is 0 Å². The molecule has 0 fully saturated rings. The van der Waals surface area contributed by atoms with Crippen LogP contribution in [0.15, 0.2) is 24.3 Å². The number of carboxylic acid groups (broad SMARTS) is 1. The Kier molecular flexibility index (Phi) is 7.57. The summed E-state index contributed by atoms with van der Waals surface area (Å²) < 4.78 is 0. The van der Waals surface area contributed by atoms with Gasteiger partial charge in [-0.05, 0) is 26.0 Å². The average molecular weight is 283 g/mol. The Hall–Kier alpha value is -2.44. The lowest BCUT2D eigenvalue weighted by molar-refractivity contribution is 0.191. The van der Waals surface area contributed by atoms with Crippen LogP contribution in [0.3, 0.4) is 0 Å². The van der Waals surface area contributed by atoms with Crippen LogP contribution in [0.25, 0.3) is 0 Å². The number of carbonyl (C=O) groups is 2. The molecule has 3 amide bonds. The van der Waals surface area contributed by atoms with Crippen LogP contribution in [0.2, 0.25) is 0 Å². The number of benzene rings is 1. The van der Waals surface area contributed by atoms with E-state index in [1.165, 1.54) is 11.0 Å². The first-order valence-electron chi connectivity index (χ1n) is 5.99. The Bertz CT molecular complexity index is 447. The highest BCUT2D eigenvalue weighted by Crippen LogP contribution is 2.15. The average Bonchev–Trinajstić information content (AvgIpc) is 2.27. The molecule has 7 nitrogen and oxygen atoms in total. The second-order valence-corrected chi connectivity index (χ2v) is 4.48. The number of rotatable bonds is 2. The van der Waals surface area contributed by atoms with Gasteiger partial charge >= 0.3 is 12.1 Å². The molecule has 112 valence electrons. The number of carbonyl (C=O) groups excluding carboxylic acids is 1. The summed E-state index contributed by atoms with van der Waals surface area (Å²) in [5, 5.41) is 21.9. The lowest BCUT2D eigenvalue weighted by Gasteiger charge is -2.11. The van der Waals surface area contributed by atoms with E-state index in [1.54, 1.807) is 46.1 Å². The largest absolute Gasteiger partial charge is 0.508 e. The molecule has 0 unspecified atom stereocenters. The standard InChI is InChI=1S/C9H12N2O2.C4H9NO2/c1-11(2)9(13)10-7-4-3-5-8(12)6-7;1-3(2)5-4(6)7/h3-6,12H,1-2H3,(H,10,13);3,5H,1-2H3,(H,6,7). The summed E-state index contributed by atoms with van der Waals surface area (Å²) in [7, 11) is 3.30. The van der Waals surface area contributed by atoms with Gasteiger partial charge in [-0.25, -0.2) is 9.59 Å². The molecule has 20 heavy (non-hydrogen) atoms. The van der Waals surface area contributed by atoms with Crippen LogP contribution in [0.4, 0.5) is 15.3 Å². The Morgan fingerprint density at radius 1 is 1.25 bits per heavy atom. The third-order valence-corrected chi connectivity index (χ3v) is 1.92. The maximum absolute atomic E-state index is 11.2. The number of nitrogens with one attached hydrogen (secondary N) is 2. The van der Waals surface area contributed by atoms with Gasteiger partial charge in [0.05, 0.1) is 0 Å². The predicted octanol–water partition coefficient (Wildman–Crippen LogP) is 2.15. The first kappa shape index (κ1) is 17.6. The van der Waals surface area contributed by atoms with Gasteiger partial charge in [-0.2, -0.15) is 0 Å². The van der Waals surface area contributed by atoms with Crippen molar-refractivity contribution >= 4 is 17.8 Å². The SMILES string of the molecule is CC(C)NC(=O)O.CN(C)C(=O)Nc1cccc(O)c1. The van der Waals surface area contributed by atoms with E-state index in [2.05, 4.69) is 10.6 Å². The van der Waals surface area contributed by atoms with E-state index in [9.17, 15) is 9.59 Å². The summed E-state index contributed by atoms with van der Waals surface area (Å²) in [6, 6.07) is 6.22. The zero-order chi connectivity index (χ0) is 15.7. The minimum Gasteiger partial charge on any atom is -0.508 e. The molecule has 0 aliphatic heterocycles. The highest BCUT2D eigenvalue weighted by molar-refractivity contribution is 5.89. The number of amides is 3. The van der Waals surface area contributed by atoms with Gasteiger partial charge in [0.2, 0.25) is 0 Å². The quantitative estimate of drug-likeness (QED) is 0.668. The molecular weight excluding hydrogens is 262 g/mol. The van der Waals surface area contributed by atoms with Crippen LogP contribution in [0, 0.1) is 0 Å². The molecule has 0 heterocycles. The molecule has 0 aliphatic carbocycles. The summed E-state index contributed by atoms with van der Waals surface area (Å²) in [6.45, 7) is 3.54. The molecule has 0 aliphatic rings. The van der Waals surface area contributed by atoms with E-state index >= 15 is 0 Å². The maximum Gasteiger partial charge on any atom is 0.404 e. The predicted molar refractivity (Wildman–Crippen MR) is 77.1 cm³/mol. The molecule has 0 bridgehead atoms. The molecule has 0 atom stereocenters. The second kappa shape index (κ2) is 8.63. The van der Waals surface area contributed by atoms with E-state index in [4.69, 9.17) is 10.2 Å². The first-order valence-corrected chi connectivity index (χ1v) is 5.99. The van der Waals surface area contributed by atoms with E-state index in [1.807, 2.05) is 0 Å². The molecular formula is C13H21N3O4. The molecule has 0 saturated heterocycles. The van der Waals surface area contributed by atoms with E-state index in [0.29, 0.717) is 5.69 Å². The monoisotopic (exact) mass is 283 g/mol. The number of phenols is 1. The number of phenolic OH excluding ortho intramolecular Hbond substituents is 1.